The Hall–Kier alpha value is -1.90. The van der Waals surface area contributed by atoms with Crippen LogP contribution < -0.4 is 14.4 Å². The number of benzene rings is 2. The molecule has 3 rings (SSSR count). The van der Waals surface area contributed by atoms with Gasteiger partial charge < -0.3 is 14.5 Å². The zero-order valence-corrected chi connectivity index (χ0v) is 17.4. The smallest absolute Gasteiger partial charge is 0.262 e. The first-order valence-electron chi connectivity index (χ1n) is 8.72. The van der Waals surface area contributed by atoms with E-state index in [1.807, 2.05) is 24.5 Å². The number of ether oxygens (including phenoxy) is 1. The van der Waals surface area contributed by atoms with Crippen molar-refractivity contribution in [3.63, 3.8) is 0 Å². The van der Waals surface area contributed by atoms with Crippen LogP contribution in [0.2, 0.25) is 0 Å². The molecular formula is C19H25N3O3S2. The van der Waals surface area contributed by atoms with Crippen LogP contribution in [0.1, 0.15) is 0 Å². The number of methoxy groups -OCH3 is 1. The maximum atomic E-state index is 13.0. The van der Waals surface area contributed by atoms with Gasteiger partial charge in [0, 0.05) is 31.1 Å². The fourth-order valence-electron chi connectivity index (χ4n) is 3.06. The highest BCUT2D eigenvalue weighted by Gasteiger charge is 2.22. The molecule has 6 nitrogen and oxygen atoms in total. The zero-order valence-electron chi connectivity index (χ0n) is 15.8. The van der Waals surface area contributed by atoms with Gasteiger partial charge in [0.2, 0.25) is 0 Å². The van der Waals surface area contributed by atoms with E-state index < -0.39 is 10.0 Å². The molecule has 0 aliphatic carbocycles. The molecule has 1 heterocycles. The Bertz CT molecular complexity index is 895. The summed E-state index contributed by atoms with van der Waals surface area (Å²) in [4.78, 5) is 5.54. The predicted molar refractivity (Wildman–Crippen MR) is 112 cm³/mol. The second-order valence-corrected chi connectivity index (χ2v) is 8.96. The number of sulfonamides is 1. The van der Waals surface area contributed by atoms with Gasteiger partial charge in [-0.15, -0.1) is 11.8 Å². The van der Waals surface area contributed by atoms with Crippen molar-refractivity contribution in [2.45, 2.75) is 9.79 Å². The van der Waals surface area contributed by atoms with Gasteiger partial charge in [0.15, 0.2) is 0 Å². The first-order valence-corrected chi connectivity index (χ1v) is 11.4. The third kappa shape index (κ3) is 4.51. The molecule has 0 bridgehead atoms. The SMILES string of the molecule is COc1ccc(S(=O)(=O)Nc2ccccc2SC)cc1N1CCN(C)CC1. The summed E-state index contributed by atoms with van der Waals surface area (Å²) < 4.78 is 34.1. The number of hydrogen-bond acceptors (Lipinski definition) is 6. The summed E-state index contributed by atoms with van der Waals surface area (Å²) >= 11 is 1.50. The number of hydrogen-bond donors (Lipinski definition) is 1. The lowest BCUT2D eigenvalue weighted by atomic mass is 10.2. The van der Waals surface area contributed by atoms with Gasteiger partial charge in [0.05, 0.1) is 23.4 Å². The van der Waals surface area contributed by atoms with Crippen LogP contribution in [0, 0.1) is 0 Å². The van der Waals surface area contributed by atoms with Crippen LogP contribution in [0.3, 0.4) is 0 Å². The van der Waals surface area contributed by atoms with Gasteiger partial charge in [-0.25, -0.2) is 8.42 Å². The first kappa shape index (κ1) is 19.9. The molecule has 8 heteroatoms. The minimum Gasteiger partial charge on any atom is -0.495 e. The molecule has 1 aliphatic heterocycles. The van der Waals surface area contributed by atoms with Gasteiger partial charge >= 0.3 is 0 Å². The van der Waals surface area contributed by atoms with Crippen molar-refractivity contribution in [2.75, 3.05) is 56.2 Å². The van der Waals surface area contributed by atoms with Gasteiger partial charge in [-0.3, -0.25) is 4.72 Å². The number of likely N-dealkylation sites (N-methyl/N-ethyl adjacent to an activating group) is 1. The highest BCUT2D eigenvalue weighted by molar-refractivity contribution is 7.99. The Morgan fingerprint density at radius 1 is 1.07 bits per heavy atom. The molecule has 27 heavy (non-hydrogen) atoms. The monoisotopic (exact) mass is 407 g/mol. The summed E-state index contributed by atoms with van der Waals surface area (Å²) in [6, 6.07) is 12.4. The average molecular weight is 408 g/mol. The predicted octanol–water partition coefficient (Wildman–Crippen LogP) is 2.97. The van der Waals surface area contributed by atoms with Gasteiger partial charge in [0.1, 0.15) is 5.75 Å². The van der Waals surface area contributed by atoms with E-state index in [2.05, 4.69) is 21.6 Å². The fourth-order valence-corrected chi connectivity index (χ4v) is 4.78. The van der Waals surface area contributed by atoms with E-state index in [9.17, 15) is 8.42 Å². The highest BCUT2D eigenvalue weighted by Crippen LogP contribution is 2.33. The van der Waals surface area contributed by atoms with Gasteiger partial charge in [-0.05, 0) is 43.6 Å². The van der Waals surface area contributed by atoms with Crippen molar-refractivity contribution >= 4 is 33.2 Å². The second-order valence-electron chi connectivity index (χ2n) is 6.43. The molecule has 2 aromatic carbocycles. The Kier molecular flexibility index (Phi) is 6.18. The Balaban J connectivity index is 1.92. The molecule has 0 radical (unpaired) electrons. The van der Waals surface area contributed by atoms with Crippen molar-refractivity contribution in [2.24, 2.45) is 0 Å². The van der Waals surface area contributed by atoms with E-state index in [-0.39, 0.29) is 4.90 Å². The lowest BCUT2D eigenvalue weighted by Gasteiger charge is -2.34. The quantitative estimate of drug-likeness (QED) is 0.743. The van der Waals surface area contributed by atoms with Gasteiger partial charge in [-0.2, -0.15) is 0 Å². The molecule has 0 atom stereocenters. The Morgan fingerprint density at radius 2 is 1.78 bits per heavy atom. The van der Waals surface area contributed by atoms with Gasteiger partial charge in [-0.1, -0.05) is 12.1 Å². The van der Waals surface area contributed by atoms with E-state index in [1.54, 1.807) is 31.4 Å². The van der Waals surface area contributed by atoms with Crippen molar-refractivity contribution in [1.82, 2.24) is 4.90 Å². The second kappa shape index (κ2) is 8.41. The molecule has 146 valence electrons. The lowest BCUT2D eigenvalue weighted by Crippen LogP contribution is -2.44. The Labute approximate surface area is 165 Å². The molecule has 0 unspecified atom stereocenters. The summed E-state index contributed by atoms with van der Waals surface area (Å²) in [5, 5.41) is 0. The molecule has 1 fully saturated rings. The summed E-state index contributed by atoms with van der Waals surface area (Å²) in [5.74, 6) is 0.683. The van der Waals surface area contributed by atoms with E-state index in [4.69, 9.17) is 4.74 Å². The molecule has 1 N–H and O–H groups in total. The van der Waals surface area contributed by atoms with Crippen molar-refractivity contribution in [3.05, 3.63) is 42.5 Å². The van der Waals surface area contributed by atoms with Crippen LogP contribution in [0.5, 0.6) is 5.75 Å². The molecule has 0 saturated carbocycles. The zero-order chi connectivity index (χ0) is 19.4. The first-order chi connectivity index (χ1) is 12.9. The van der Waals surface area contributed by atoms with Crippen LogP contribution >= 0.6 is 11.8 Å². The van der Waals surface area contributed by atoms with E-state index in [0.717, 1.165) is 36.8 Å². The van der Waals surface area contributed by atoms with Crippen LogP contribution in [-0.2, 0) is 10.0 Å². The molecular weight excluding hydrogens is 382 g/mol. The van der Waals surface area contributed by atoms with Gasteiger partial charge in [0.25, 0.3) is 10.0 Å². The highest BCUT2D eigenvalue weighted by atomic mass is 32.2. The number of piperazine rings is 1. The maximum Gasteiger partial charge on any atom is 0.262 e. The number of anilines is 2. The average Bonchev–Trinajstić information content (AvgIpc) is 2.68. The topological polar surface area (TPSA) is 61.9 Å². The number of rotatable bonds is 6. The molecule has 1 saturated heterocycles. The largest absolute Gasteiger partial charge is 0.495 e. The third-order valence-electron chi connectivity index (χ3n) is 4.66. The van der Waals surface area contributed by atoms with Crippen LogP contribution in [0.15, 0.2) is 52.3 Å². The number of nitrogens with zero attached hydrogens (tertiary/aromatic N) is 2. The standard InChI is InChI=1S/C19H25N3O3S2/c1-21-10-12-22(13-11-21)17-14-15(8-9-18(17)25-2)27(23,24)20-16-6-4-5-7-19(16)26-3/h4-9,14,20H,10-13H2,1-3H3. The van der Waals surface area contributed by atoms with Crippen LogP contribution in [0.4, 0.5) is 11.4 Å². The molecule has 0 spiro atoms. The van der Waals surface area contributed by atoms with E-state index >= 15 is 0 Å². The summed E-state index contributed by atoms with van der Waals surface area (Å²) in [5.41, 5.74) is 1.40. The number of nitrogens with one attached hydrogen (secondary N) is 1. The third-order valence-corrected chi connectivity index (χ3v) is 6.81. The van der Waals surface area contributed by atoms with E-state index in [1.165, 1.54) is 11.8 Å². The molecule has 0 aromatic heterocycles. The molecule has 0 amide bonds. The number of thioether (sulfide) groups is 1. The van der Waals surface area contributed by atoms with Crippen LogP contribution in [0.25, 0.3) is 0 Å². The summed E-state index contributed by atoms with van der Waals surface area (Å²) in [6.07, 6.45) is 1.92. The number of para-hydroxylation sites is 1. The normalized spacial score (nSPS) is 15.6. The Morgan fingerprint density at radius 3 is 2.44 bits per heavy atom. The lowest BCUT2D eigenvalue weighted by molar-refractivity contribution is 0.311. The maximum absolute atomic E-state index is 13.0. The fraction of sp³-hybridized carbons (Fsp3) is 0.368. The van der Waals surface area contributed by atoms with E-state index in [0.29, 0.717) is 11.4 Å². The molecule has 2 aromatic rings. The van der Waals surface area contributed by atoms with Crippen molar-refractivity contribution in [1.29, 1.82) is 0 Å². The minimum absolute atomic E-state index is 0.230. The van der Waals surface area contributed by atoms with Crippen molar-refractivity contribution < 1.29 is 13.2 Å². The van der Waals surface area contributed by atoms with Crippen LogP contribution in [-0.4, -0.2) is 59.9 Å². The summed E-state index contributed by atoms with van der Waals surface area (Å²) in [7, 11) is -0.00575. The van der Waals surface area contributed by atoms with Crippen molar-refractivity contribution in [3.8, 4) is 5.75 Å². The summed E-state index contributed by atoms with van der Waals surface area (Å²) in [6.45, 7) is 3.52. The minimum atomic E-state index is -3.70. The molecule has 1 aliphatic rings.